The maximum absolute atomic E-state index is 12.3. The number of hydrogen-bond acceptors (Lipinski definition) is 7. The predicted molar refractivity (Wildman–Crippen MR) is 101 cm³/mol. The highest BCUT2D eigenvalue weighted by atomic mass is 16.6. The van der Waals surface area contributed by atoms with E-state index >= 15 is 0 Å². The molecule has 28 heavy (non-hydrogen) atoms. The van der Waals surface area contributed by atoms with E-state index in [1.165, 1.54) is 12.1 Å². The first kappa shape index (κ1) is 20.8. The summed E-state index contributed by atoms with van der Waals surface area (Å²) in [5, 5.41) is 21.9. The Hall–Kier alpha value is -3.49. The van der Waals surface area contributed by atoms with Crippen LogP contribution >= 0.6 is 0 Å². The van der Waals surface area contributed by atoms with Crippen LogP contribution in [-0.2, 0) is 0 Å². The molecule has 0 aliphatic carbocycles. The number of nitrogens with zero attached hydrogens (tertiary/aromatic N) is 2. The van der Waals surface area contributed by atoms with Crippen molar-refractivity contribution in [2.24, 2.45) is 0 Å². The highest BCUT2D eigenvalue weighted by Crippen LogP contribution is 2.26. The van der Waals surface area contributed by atoms with Gasteiger partial charge in [0.05, 0.1) is 22.5 Å². The summed E-state index contributed by atoms with van der Waals surface area (Å²) in [6, 6.07) is 9.03. The van der Waals surface area contributed by atoms with Gasteiger partial charge in [-0.15, -0.1) is 0 Å². The average Bonchev–Trinajstić information content (AvgIpc) is 2.68. The lowest BCUT2D eigenvalue weighted by atomic mass is 10.1. The lowest BCUT2D eigenvalue weighted by Gasteiger charge is -2.08. The zero-order valence-corrected chi connectivity index (χ0v) is 15.3. The monoisotopic (exact) mass is 388 g/mol. The van der Waals surface area contributed by atoms with Crippen molar-refractivity contribution in [3.05, 3.63) is 68.3 Å². The second-order valence-corrected chi connectivity index (χ2v) is 5.99. The second-order valence-electron chi connectivity index (χ2n) is 5.99. The van der Waals surface area contributed by atoms with Crippen molar-refractivity contribution in [3.63, 3.8) is 0 Å². The van der Waals surface area contributed by atoms with E-state index in [0.717, 1.165) is 43.9 Å². The predicted octanol–water partition coefficient (Wildman–Crippen LogP) is 4.68. The number of non-ortho nitro benzene ring substituents is 1. The lowest BCUT2D eigenvalue weighted by Crippen LogP contribution is -2.11. The van der Waals surface area contributed by atoms with Crippen LogP contribution in [0.3, 0.4) is 0 Å². The first-order valence-electron chi connectivity index (χ1n) is 8.80. The number of benzene rings is 2. The van der Waals surface area contributed by atoms with Crippen LogP contribution in [0.25, 0.3) is 0 Å². The van der Waals surface area contributed by atoms with E-state index in [-0.39, 0.29) is 11.3 Å². The summed E-state index contributed by atoms with van der Waals surface area (Å²) >= 11 is 0. The molecule has 0 aromatic heterocycles. The quantitative estimate of drug-likeness (QED) is 0.190. The van der Waals surface area contributed by atoms with Crippen LogP contribution in [0.1, 0.15) is 43.0 Å². The maximum atomic E-state index is 12.3. The fourth-order valence-corrected chi connectivity index (χ4v) is 2.44. The molecule has 9 heteroatoms. The van der Waals surface area contributed by atoms with Crippen LogP contribution in [0.5, 0.6) is 11.5 Å². The Labute approximate surface area is 161 Å². The Bertz CT molecular complexity index is 850. The van der Waals surface area contributed by atoms with Gasteiger partial charge in [0.2, 0.25) is 0 Å². The molecule has 2 rings (SSSR count). The first-order valence-corrected chi connectivity index (χ1v) is 8.80. The van der Waals surface area contributed by atoms with E-state index in [1.807, 2.05) is 0 Å². The number of ether oxygens (including phenoxy) is 2. The van der Waals surface area contributed by atoms with Gasteiger partial charge in [0.1, 0.15) is 17.1 Å². The third-order valence-corrected chi connectivity index (χ3v) is 3.91. The summed E-state index contributed by atoms with van der Waals surface area (Å²) in [5.41, 5.74) is -1.54. The van der Waals surface area contributed by atoms with Crippen molar-refractivity contribution in [1.82, 2.24) is 0 Å². The van der Waals surface area contributed by atoms with Crippen LogP contribution in [0, 0.1) is 20.2 Å². The van der Waals surface area contributed by atoms with Gasteiger partial charge in [-0.25, -0.2) is 4.79 Å². The average molecular weight is 388 g/mol. The van der Waals surface area contributed by atoms with E-state index in [1.54, 1.807) is 12.1 Å². The van der Waals surface area contributed by atoms with Crippen LogP contribution < -0.4 is 9.47 Å². The van der Waals surface area contributed by atoms with Crippen molar-refractivity contribution < 1.29 is 24.1 Å². The summed E-state index contributed by atoms with van der Waals surface area (Å²) in [6.07, 6.45) is 4.36. The number of nitro benzene ring substituents is 2. The fraction of sp³-hybridized carbons (Fsp3) is 0.316. The number of hydrogen-bond donors (Lipinski definition) is 0. The lowest BCUT2D eigenvalue weighted by molar-refractivity contribution is -0.394. The van der Waals surface area contributed by atoms with Crippen LogP contribution in [0.2, 0.25) is 0 Å². The van der Waals surface area contributed by atoms with Gasteiger partial charge in [-0.05, 0) is 36.8 Å². The summed E-state index contributed by atoms with van der Waals surface area (Å²) in [7, 11) is 0. The molecule has 0 amide bonds. The van der Waals surface area contributed by atoms with Gasteiger partial charge < -0.3 is 9.47 Å². The maximum Gasteiger partial charge on any atom is 0.350 e. The Morgan fingerprint density at radius 1 is 0.929 bits per heavy atom. The summed E-state index contributed by atoms with van der Waals surface area (Å²) < 4.78 is 10.7. The van der Waals surface area contributed by atoms with Gasteiger partial charge in [-0.3, -0.25) is 20.2 Å². The molecule has 0 unspecified atom stereocenters. The highest BCUT2D eigenvalue weighted by molar-refractivity contribution is 5.95. The van der Waals surface area contributed by atoms with Gasteiger partial charge in [0.25, 0.3) is 11.4 Å². The van der Waals surface area contributed by atoms with Crippen LogP contribution in [0.15, 0.2) is 42.5 Å². The third-order valence-electron chi connectivity index (χ3n) is 3.91. The van der Waals surface area contributed by atoms with Crippen LogP contribution in [0.4, 0.5) is 11.4 Å². The van der Waals surface area contributed by atoms with Crippen molar-refractivity contribution in [2.45, 2.75) is 32.6 Å². The third kappa shape index (κ3) is 5.76. The van der Waals surface area contributed by atoms with Crippen molar-refractivity contribution >= 4 is 17.3 Å². The number of rotatable bonds is 10. The van der Waals surface area contributed by atoms with Gasteiger partial charge in [0, 0.05) is 6.07 Å². The molecule has 148 valence electrons. The number of nitro groups is 2. The molecule has 0 heterocycles. The molecule has 0 aliphatic heterocycles. The van der Waals surface area contributed by atoms with E-state index in [0.29, 0.717) is 12.4 Å². The summed E-state index contributed by atoms with van der Waals surface area (Å²) in [5.74, 6) is -0.177. The normalized spacial score (nSPS) is 10.3. The molecule has 0 saturated heterocycles. The smallest absolute Gasteiger partial charge is 0.350 e. The first-order chi connectivity index (χ1) is 13.4. The molecule has 2 aromatic carbocycles. The molecule has 0 fully saturated rings. The van der Waals surface area contributed by atoms with E-state index in [2.05, 4.69) is 6.92 Å². The Balaban J connectivity index is 2.02. The van der Waals surface area contributed by atoms with Crippen LogP contribution in [-0.4, -0.2) is 22.4 Å². The Morgan fingerprint density at radius 2 is 1.61 bits per heavy atom. The highest BCUT2D eigenvalue weighted by Gasteiger charge is 2.25. The van der Waals surface area contributed by atoms with Crippen molar-refractivity contribution in [3.8, 4) is 11.5 Å². The molecule has 2 aromatic rings. The van der Waals surface area contributed by atoms with Gasteiger partial charge in [-0.1, -0.05) is 26.2 Å². The van der Waals surface area contributed by atoms with Crippen molar-refractivity contribution in [2.75, 3.05) is 6.61 Å². The zero-order valence-electron chi connectivity index (χ0n) is 15.3. The molecule has 0 N–H and O–H groups in total. The zero-order chi connectivity index (χ0) is 20.5. The molecule has 0 saturated carbocycles. The van der Waals surface area contributed by atoms with E-state index < -0.39 is 27.2 Å². The largest absolute Gasteiger partial charge is 0.494 e. The minimum absolute atomic E-state index is 0.177. The fourth-order valence-electron chi connectivity index (χ4n) is 2.44. The molecule has 0 bridgehead atoms. The second kappa shape index (κ2) is 10.0. The van der Waals surface area contributed by atoms with Gasteiger partial charge in [0.15, 0.2) is 0 Å². The molecule has 9 nitrogen and oxygen atoms in total. The van der Waals surface area contributed by atoms with Gasteiger partial charge >= 0.3 is 5.97 Å². The minimum Gasteiger partial charge on any atom is -0.494 e. The number of esters is 1. The summed E-state index contributed by atoms with van der Waals surface area (Å²) in [6.45, 7) is 2.72. The van der Waals surface area contributed by atoms with E-state index in [4.69, 9.17) is 9.47 Å². The molecular formula is C19H20N2O7. The SMILES string of the molecule is CCCCCCOc1ccc(OC(=O)c2ccc([N+](=O)[O-])cc2[N+](=O)[O-])cc1. The Kier molecular flexibility index (Phi) is 7.44. The minimum atomic E-state index is -0.977. The molecule has 0 atom stereocenters. The molecular weight excluding hydrogens is 368 g/mol. The number of unbranched alkanes of at least 4 members (excludes halogenated alkanes) is 3. The summed E-state index contributed by atoms with van der Waals surface area (Å²) in [4.78, 5) is 32.5. The topological polar surface area (TPSA) is 122 Å². The molecule has 0 aliphatic rings. The molecule has 0 radical (unpaired) electrons. The van der Waals surface area contributed by atoms with Crippen molar-refractivity contribution in [1.29, 1.82) is 0 Å². The number of carbonyl (C=O) groups is 1. The van der Waals surface area contributed by atoms with Gasteiger partial charge in [-0.2, -0.15) is 0 Å². The number of carbonyl (C=O) groups excluding carboxylic acids is 1. The standard InChI is InChI=1S/C19H20N2O7/c1-2-3-4-5-12-27-15-7-9-16(10-8-15)28-19(22)17-11-6-14(20(23)24)13-18(17)21(25)26/h6-11,13H,2-5,12H2,1H3. The van der Waals surface area contributed by atoms with E-state index in [9.17, 15) is 25.0 Å². The Morgan fingerprint density at radius 3 is 2.21 bits per heavy atom. The molecule has 0 spiro atoms.